The summed E-state index contributed by atoms with van der Waals surface area (Å²) in [6, 6.07) is 13.1. The smallest absolute Gasteiger partial charge is 0.189 e. The minimum absolute atomic E-state index is 1.32. The van der Waals surface area contributed by atoms with Crippen molar-refractivity contribution in [2.45, 2.75) is 6.92 Å². The van der Waals surface area contributed by atoms with Crippen LogP contribution in [-0.4, -0.2) is 0 Å². The number of aromatic nitrogens is 1. The first-order valence-electron chi connectivity index (χ1n) is 5.03. The highest BCUT2D eigenvalue weighted by Crippen LogP contribution is 2.25. The molecule has 3 aromatic rings. The lowest BCUT2D eigenvalue weighted by atomic mass is 10.1. The third-order valence-corrected chi connectivity index (χ3v) is 4.03. The van der Waals surface area contributed by atoms with Crippen LogP contribution in [0.4, 0.5) is 0 Å². The van der Waals surface area contributed by atoms with Crippen molar-refractivity contribution in [1.82, 2.24) is 0 Å². The highest BCUT2D eigenvalue weighted by atomic mass is 32.1. The van der Waals surface area contributed by atoms with Gasteiger partial charge in [0.25, 0.3) is 0 Å². The van der Waals surface area contributed by atoms with Gasteiger partial charge in [0.1, 0.15) is 11.7 Å². The van der Waals surface area contributed by atoms with Crippen molar-refractivity contribution in [3.05, 3.63) is 41.4 Å². The van der Waals surface area contributed by atoms with E-state index < -0.39 is 0 Å². The van der Waals surface area contributed by atoms with Gasteiger partial charge in [0, 0.05) is 13.0 Å². The van der Waals surface area contributed by atoms with Crippen LogP contribution in [0.15, 0.2) is 36.4 Å². The molecule has 0 amide bonds. The van der Waals surface area contributed by atoms with Crippen LogP contribution < -0.4 is 4.57 Å². The summed E-state index contributed by atoms with van der Waals surface area (Å²) < 4.78 is 3.63. The van der Waals surface area contributed by atoms with Gasteiger partial charge in [0.05, 0.1) is 0 Å². The highest BCUT2D eigenvalue weighted by molar-refractivity contribution is 7.18. The van der Waals surface area contributed by atoms with Gasteiger partial charge in [-0.2, -0.15) is 4.57 Å². The lowest BCUT2D eigenvalue weighted by Gasteiger charge is -1.94. The first-order valence-corrected chi connectivity index (χ1v) is 5.85. The lowest BCUT2D eigenvalue weighted by Crippen LogP contribution is -2.28. The molecule has 0 atom stereocenters. The predicted molar refractivity (Wildman–Crippen MR) is 65.2 cm³/mol. The van der Waals surface area contributed by atoms with Crippen molar-refractivity contribution >= 4 is 32.3 Å². The molecule has 1 heterocycles. The van der Waals surface area contributed by atoms with E-state index in [1.54, 1.807) is 0 Å². The Morgan fingerprint density at radius 2 is 1.73 bits per heavy atom. The molecule has 1 nitrogen and oxygen atoms in total. The van der Waals surface area contributed by atoms with Crippen molar-refractivity contribution < 1.29 is 4.57 Å². The summed E-state index contributed by atoms with van der Waals surface area (Å²) in [5.41, 5.74) is 1.33. The van der Waals surface area contributed by atoms with Crippen molar-refractivity contribution in [1.29, 1.82) is 0 Å². The van der Waals surface area contributed by atoms with E-state index in [1.807, 2.05) is 11.3 Å². The molecule has 2 heteroatoms. The van der Waals surface area contributed by atoms with Gasteiger partial charge in [-0.3, -0.25) is 0 Å². The van der Waals surface area contributed by atoms with Gasteiger partial charge >= 0.3 is 0 Å². The zero-order chi connectivity index (χ0) is 10.4. The van der Waals surface area contributed by atoms with E-state index in [4.69, 9.17) is 0 Å². The summed E-state index contributed by atoms with van der Waals surface area (Å²) >= 11 is 1.86. The van der Waals surface area contributed by atoms with Gasteiger partial charge in [-0.25, -0.2) is 0 Å². The van der Waals surface area contributed by atoms with E-state index in [-0.39, 0.29) is 0 Å². The van der Waals surface area contributed by atoms with Gasteiger partial charge in [-0.15, -0.1) is 0 Å². The molecule has 0 aliphatic rings. The van der Waals surface area contributed by atoms with Gasteiger partial charge in [-0.1, -0.05) is 35.6 Å². The molecule has 2 aromatic carbocycles. The Morgan fingerprint density at radius 3 is 2.47 bits per heavy atom. The second-order valence-electron chi connectivity index (χ2n) is 3.85. The summed E-state index contributed by atoms with van der Waals surface area (Å²) in [5, 5.41) is 3.99. The van der Waals surface area contributed by atoms with Crippen molar-refractivity contribution in [3.8, 4) is 0 Å². The second kappa shape index (κ2) is 3.04. The number of rotatable bonds is 0. The van der Waals surface area contributed by atoms with E-state index >= 15 is 0 Å². The lowest BCUT2D eigenvalue weighted by molar-refractivity contribution is -0.646. The molecule has 0 aliphatic carbocycles. The van der Waals surface area contributed by atoms with Crippen LogP contribution >= 0.6 is 11.3 Å². The molecule has 0 unspecified atom stereocenters. The number of thiazole rings is 1. The summed E-state index contributed by atoms with van der Waals surface area (Å²) in [7, 11) is 2.13. The van der Waals surface area contributed by atoms with E-state index in [2.05, 4.69) is 54.9 Å². The van der Waals surface area contributed by atoms with Crippen molar-refractivity contribution in [2.75, 3.05) is 0 Å². The van der Waals surface area contributed by atoms with Crippen molar-refractivity contribution in [2.24, 2.45) is 7.05 Å². The van der Waals surface area contributed by atoms with E-state index in [9.17, 15) is 0 Å². The molecule has 0 saturated heterocycles. The van der Waals surface area contributed by atoms with Crippen LogP contribution in [0, 0.1) is 6.92 Å². The molecule has 74 valence electrons. The number of nitrogens with zero attached hydrogens (tertiary/aromatic N) is 1. The Hall–Kier alpha value is -1.41. The molecular weight excluding hydrogens is 202 g/mol. The largest absolute Gasteiger partial charge is 0.234 e. The minimum Gasteiger partial charge on any atom is -0.189 e. The maximum atomic E-state index is 2.28. The molecule has 1 aromatic heterocycles. The number of benzene rings is 2. The van der Waals surface area contributed by atoms with E-state index in [0.717, 1.165) is 0 Å². The number of hydrogen-bond acceptors (Lipinski definition) is 1. The van der Waals surface area contributed by atoms with Crippen LogP contribution in [-0.2, 0) is 7.05 Å². The van der Waals surface area contributed by atoms with E-state index in [0.29, 0.717) is 0 Å². The molecule has 0 saturated carbocycles. The molecule has 0 N–H and O–H groups in total. The van der Waals surface area contributed by atoms with Crippen LogP contribution in [0.3, 0.4) is 0 Å². The molecule has 0 radical (unpaired) electrons. The van der Waals surface area contributed by atoms with Crippen LogP contribution in [0.2, 0.25) is 0 Å². The van der Waals surface area contributed by atoms with Gasteiger partial charge < -0.3 is 0 Å². The van der Waals surface area contributed by atoms with Gasteiger partial charge in [0.15, 0.2) is 0 Å². The summed E-state index contributed by atoms with van der Waals surface area (Å²) in [4.78, 5) is 0. The first kappa shape index (κ1) is 8.86. The number of hydrogen-bond donors (Lipinski definition) is 0. The first-order chi connectivity index (χ1) is 7.25. The monoisotopic (exact) mass is 214 g/mol. The molecule has 0 bridgehead atoms. The zero-order valence-corrected chi connectivity index (χ0v) is 9.64. The third kappa shape index (κ3) is 1.25. The molecule has 15 heavy (non-hydrogen) atoms. The maximum Gasteiger partial charge on any atom is 0.234 e. The molecular formula is C13H12NS+. The second-order valence-corrected chi connectivity index (χ2v) is 5.08. The summed E-state index contributed by atoms with van der Waals surface area (Å²) in [6.45, 7) is 2.16. The predicted octanol–water partition coefficient (Wildman–Crippen LogP) is 3.19. The molecule has 0 spiro atoms. The Kier molecular flexibility index (Phi) is 1.80. The molecule has 0 fully saturated rings. The Balaban J connectivity index is 2.53. The fourth-order valence-electron chi connectivity index (χ4n) is 1.95. The minimum atomic E-state index is 1.32. The zero-order valence-electron chi connectivity index (χ0n) is 8.82. The van der Waals surface area contributed by atoms with Crippen LogP contribution in [0.25, 0.3) is 21.0 Å². The van der Waals surface area contributed by atoms with E-state index in [1.165, 1.54) is 26.0 Å². The summed E-state index contributed by atoms with van der Waals surface area (Å²) in [6.07, 6.45) is 0. The van der Waals surface area contributed by atoms with Crippen molar-refractivity contribution in [3.63, 3.8) is 0 Å². The number of fused-ring (bicyclic) bond motifs is 2. The fourth-order valence-corrected chi connectivity index (χ4v) is 2.99. The average Bonchev–Trinajstić information content (AvgIpc) is 2.52. The van der Waals surface area contributed by atoms with Gasteiger partial charge in [0.2, 0.25) is 10.5 Å². The fraction of sp³-hybridized carbons (Fsp3) is 0.154. The van der Waals surface area contributed by atoms with Gasteiger partial charge in [-0.05, 0) is 16.8 Å². The standard InChI is InChI=1S/C13H12NS/c1-9-14(2)12-7-10-5-3-4-6-11(10)8-13(12)15-9/h3-8H,1-2H3/q+1. The molecule has 3 rings (SSSR count). The summed E-state index contributed by atoms with van der Waals surface area (Å²) in [5.74, 6) is 0. The Morgan fingerprint density at radius 1 is 1.07 bits per heavy atom. The third-order valence-electron chi connectivity index (χ3n) is 2.92. The Labute approximate surface area is 92.6 Å². The van der Waals surface area contributed by atoms with Crippen LogP contribution in [0.1, 0.15) is 5.01 Å². The normalized spacial score (nSPS) is 11.3. The SMILES string of the molecule is Cc1sc2cc3ccccc3cc2[n+]1C. The van der Waals surface area contributed by atoms with Crippen LogP contribution in [0.5, 0.6) is 0 Å². The Bertz CT molecular complexity index is 652. The quantitative estimate of drug-likeness (QED) is 0.506. The maximum absolute atomic E-state index is 2.28. The molecule has 0 aliphatic heterocycles. The number of aryl methyl sites for hydroxylation is 2. The highest BCUT2D eigenvalue weighted by Gasteiger charge is 2.13. The topological polar surface area (TPSA) is 3.88 Å². The average molecular weight is 214 g/mol.